The summed E-state index contributed by atoms with van der Waals surface area (Å²) in [5.74, 6) is 0. The van der Waals surface area contributed by atoms with E-state index in [0.29, 0.717) is 12.1 Å². The standard InChI is InChI=1S/C15H22N2O/c1-2-5-13(6-3-1)15-11-16-8-9-17(15)14-7-4-10-18-12-14/h1-3,5-6,14-16H,4,7-12H2. The van der Waals surface area contributed by atoms with Crippen molar-refractivity contribution in [2.45, 2.75) is 24.9 Å². The van der Waals surface area contributed by atoms with Crippen LogP contribution >= 0.6 is 0 Å². The van der Waals surface area contributed by atoms with E-state index in [1.54, 1.807) is 0 Å². The topological polar surface area (TPSA) is 24.5 Å². The molecule has 0 bridgehead atoms. The molecule has 0 radical (unpaired) electrons. The molecule has 3 heteroatoms. The molecule has 0 amide bonds. The largest absolute Gasteiger partial charge is 0.380 e. The lowest BCUT2D eigenvalue weighted by Gasteiger charge is -2.43. The minimum absolute atomic E-state index is 0.506. The molecule has 1 N–H and O–H groups in total. The Kier molecular flexibility index (Phi) is 3.93. The molecule has 98 valence electrons. The number of hydrogen-bond donors (Lipinski definition) is 1. The van der Waals surface area contributed by atoms with Gasteiger partial charge in [-0.25, -0.2) is 0 Å². The summed E-state index contributed by atoms with van der Waals surface area (Å²) in [7, 11) is 0. The van der Waals surface area contributed by atoms with Crippen LogP contribution in [0.4, 0.5) is 0 Å². The van der Waals surface area contributed by atoms with Crippen LogP contribution in [0.2, 0.25) is 0 Å². The second kappa shape index (κ2) is 5.83. The average molecular weight is 246 g/mol. The minimum Gasteiger partial charge on any atom is -0.380 e. The van der Waals surface area contributed by atoms with E-state index in [2.05, 4.69) is 40.5 Å². The number of nitrogens with zero attached hydrogens (tertiary/aromatic N) is 1. The van der Waals surface area contributed by atoms with Gasteiger partial charge in [0, 0.05) is 38.3 Å². The first-order valence-corrected chi connectivity index (χ1v) is 7.04. The van der Waals surface area contributed by atoms with Crippen molar-refractivity contribution in [1.29, 1.82) is 0 Å². The van der Waals surface area contributed by atoms with Gasteiger partial charge in [0.2, 0.25) is 0 Å². The second-order valence-corrected chi connectivity index (χ2v) is 5.24. The maximum atomic E-state index is 5.66. The maximum absolute atomic E-state index is 5.66. The Balaban J connectivity index is 1.77. The van der Waals surface area contributed by atoms with E-state index in [9.17, 15) is 0 Å². The number of piperazine rings is 1. The zero-order valence-corrected chi connectivity index (χ0v) is 10.8. The highest BCUT2D eigenvalue weighted by molar-refractivity contribution is 5.20. The molecule has 0 spiro atoms. The summed E-state index contributed by atoms with van der Waals surface area (Å²) in [5.41, 5.74) is 1.43. The van der Waals surface area contributed by atoms with Gasteiger partial charge in [0.1, 0.15) is 0 Å². The van der Waals surface area contributed by atoms with Crippen LogP contribution in [0.25, 0.3) is 0 Å². The molecule has 2 atom stereocenters. The van der Waals surface area contributed by atoms with Crippen LogP contribution in [-0.4, -0.2) is 43.8 Å². The highest BCUT2D eigenvalue weighted by atomic mass is 16.5. The first kappa shape index (κ1) is 12.2. The zero-order valence-electron chi connectivity index (χ0n) is 10.8. The van der Waals surface area contributed by atoms with Gasteiger partial charge in [0.15, 0.2) is 0 Å². The molecule has 3 nitrogen and oxygen atoms in total. The predicted molar refractivity (Wildman–Crippen MR) is 72.6 cm³/mol. The summed E-state index contributed by atoms with van der Waals surface area (Å²) < 4.78 is 5.66. The van der Waals surface area contributed by atoms with Gasteiger partial charge in [-0.15, -0.1) is 0 Å². The van der Waals surface area contributed by atoms with Crippen molar-refractivity contribution < 1.29 is 4.74 Å². The van der Waals surface area contributed by atoms with Crippen LogP contribution in [0.3, 0.4) is 0 Å². The van der Waals surface area contributed by atoms with Gasteiger partial charge in [-0.1, -0.05) is 30.3 Å². The van der Waals surface area contributed by atoms with Gasteiger partial charge < -0.3 is 10.1 Å². The van der Waals surface area contributed by atoms with Crippen LogP contribution in [-0.2, 0) is 4.74 Å². The predicted octanol–water partition coefficient (Wildman–Crippen LogP) is 1.81. The number of nitrogens with one attached hydrogen (secondary N) is 1. The van der Waals surface area contributed by atoms with E-state index in [1.165, 1.54) is 18.4 Å². The van der Waals surface area contributed by atoms with E-state index >= 15 is 0 Å². The third-order valence-electron chi connectivity index (χ3n) is 4.07. The van der Waals surface area contributed by atoms with Gasteiger partial charge in [-0.05, 0) is 18.4 Å². The van der Waals surface area contributed by atoms with Crippen molar-refractivity contribution in [1.82, 2.24) is 10.2 Å². The molecule has 0 aromatic heterocycles. The monoisotopic (exact) mass is 246 g/mol. The Morgan fingerprint density at radius 1 is 1.22 bits per heavy atom. The number of benzene rings is 1. The van der Waals surface area contributed by atoms with E-state index < -0.39 is 0 Å². The lowest BCUT2D eigenvalue weighted by Crippen LogP contribution is -2.52. The Morgan fingerprint density at radius 2 is 2.11 bits per heavy atom. The normalized spacial score (nSPS) is 30.2. The fourth-order valence-corrected chi connectivity index (χ4v) is 3.13. The van der Waals surface area contributed by atoms with Crippen molar-refractivity contribution in [2.24, 2.45) is 0 Å². The van der Waals surface area contributed by atoms with Crippen molar-refractivity contribution in [3.8, 4) is 0 Å². The summed E-state index contributed by atoms with van der Waals surface area (Å²) in [5, 5.41) is 3.52. The minimum atomic E-state index is 0.506. The molecular formula is C15H22N2O. The summed E-state index contributed by atoms with van der Waals surface area (Å²) in [4.78, 5) is 2.64. The van der Waals surface area contributed by atoms with E-state index in [1.807, 2.05) is 0 Å². The first-order chi connectivity index (χ1) is 8.95. The molecule has 3 rings (SSSR count). The summed E-state index contributed by atoms with van der Waals surface area (Å²) >= 11 is 0. The number of rotatable bonds is 2. The smallest absolute Gasteiger partial charge is 0.0622 e. The number of hydrogen-bond acceptors (Lipinski definition) is 3. The first-order valence-electron chi connectivity index (χ1n) is 7.04. The van der Waals surface area contributed by atoms with Gasteiger partial charge in [-0.3, -0.25) is 4.90 Å². The van der Waals surface area contributed by atoms with Crippen LogP contribution < -0.4 is 5.32 Å². The molecule has 18 heavy (non-hydrogen) atoms. The Morgan fingerprint density at radius 3 is 2.89 bits per heavy atom. The molecule has 2 aliphatic heterocycles. The number of ether oxygens (including phenoxy) is 1. The molecule has 2 heterocycles. The molecular weight excluding hydrogens is 224 g/mol. The molecule has 1 aromatic rings. The van der Waals surface area contributed by atoms with E-state index in [4.69, 9.17) is 4.74 Å². The SMILES string of the molecule is c1ccc(C2CNCCN2C2CCCOC2)cc1. The maximum Gasteiger partial charge on any atom is 0.0622 e. The van der Waals surface area contributed by atoms with Crippen LogP contribution in [0.5, 0.6) is 0 Å². The second-order valence-electron chi connectivity index (χ2n) is 5.24. The highest BCUT2D eigenvalue weighted by Crippen LogP contribution is 2.27. The van der Waals surface area contributed by atoms with Crippen molar-refractivity contribution in [3.63, 3.8) is 0 Å². The molecule has 2 aliphatic rings. The third kappa shape index (κ3) is 2.58. The Bertz CT molecular complexity index is 362. The van der Waals surface area contributed by atoms with Crippen LogP contribution in [0.1, 0.15) is 24.4 Å². The Labute approximate surface area is 109 Å². The highest BCUT2D eigenvalue weighted by Gasteiger charge is 2.30. The van der Waals surface area contributed by atoms with Crippen LogP contribution in [0.15, 0.2) is 30.3 Å². The van der Waals surface area contributed by atoms with Gasteiger partial charge >= 0.3 is 0 Å². The fourth-order valence-electron chi connectivity index (χ4n) is 3.13. The van der Waals surface area contributed by atoms with Gasteiger partial charge in [0.05, 0.1) is 6.61 Å². The third-order valence-corrected chi connectivity index (χ3v) is 4.07. The van der Waals surface area contributed by atoms with Crippen molar-refractivity contribution in [3.05, 3.63) is 35.9 Å². The summed E-state index contributed by atoms with van der Waals surface area (Å²) in [6.07, 6.45) is 2.49. The quantitative estimate of drug-likeness (QED) is 0.861. The van der Waals surface area contributed by atoms with Crippen LogP contribution in [0, 0.1) is 0 Å². The van der Waals surface area contributed by atoms with Gasteiger partial charge in [-0.2, -0.15) is 0 Å². The van der Waals surface area contributed by atoms with E-state index in [-0.39, 0.29) is 0 Å². The van der Waals surface area contributed by atoms with E-state index in [0.717, 1.165) is 32.8 Å². The molecule has 2 saturated heterocycles. The fraction of sp³-hybridized carbons (Fsp3) is 0.600. The zero-order chi connectivity index (χ0) is 12.2. The molecule has 0 saturated carbocycles. The molecule has 2 fully saturated rings. The Hall–Kier alpha value is -0.900. The molecule has 2 unspecified atom stereocenters. The summed E-state index contributed by atoms with van der Waals surface area (Å²) in [6.45, 7) is 5.13. The van der Waals surface area contributed by atoms with Gasteiger partial charge in [0.25, 0.3) is 0 Å². The lowest BCUT2D eigenvalue weighted by atomic mass is 9.99. The molecule has 0 aliphatic carbocycles. The lowest BCUT2D eigenvalue weighted by molar-refractivity contribution is -0.00790. The molecule has 1 aromatic carbocycles. The van der Waals surface area contributed by atoms with Crippen molar-refractivity contribution >= 4 is 0 Å². The van der Waals surface area contributed by atoms with Crippen molar-refractivity contribution in [2.75, 3.05) is 32.8 Å². The summed E-state index contributed by atoms with van der Waals surface area (Å²) in [6, 6.07) is 12.0. The average Bonchev–Trinajstić information content (AvgIpc) is 2.49.